The summed E-state index contributed by atoms with van der Waals surface area (Å²) in [5.41, 5.74) is 2.08. The largest absolute Gasteiger partial charge is 0.352 e. The lowest BCUT2D eigenvalue weighted by Crippen LogP contribution is -2.23. The fraction of sp³-hybridized carbons (Fsp3) is 0.417. The second-order valence-corrected chi connectivity index (χ2v) is 4.44. The third-order valence-corrected chi connectivity index (χ3v) is 2.94. The first kappa shape index (κ1) is 9.25. The Hall–Kier alpha value is -1.31. The number of rotatable bonds is 0. The molecule has 0 fully saturated rings. The molecule has 0 saturated heterocycles. The molecule has 1 aliphatic rings. The average Bonchev–Trinajstić information content (AvgIpc) is 2.27. The third kappa shape index (κ3) is 1.41. The summed E-state index contributed by atoms with van der Waals surface area (Å²) < 4.78 is 0. The van der Waals surface area contributed by atoms with Gasteiger partial charge in [-0.05, 0) is 23.5 Å². The molecule has 0 saturated carbocycles. The van der Waals surface area contributed by atoms with Crippen LogP contribution < -0.4 is 5.32 Å². The fourth-order valence-corrected chi connectivity index (χ4v) is 1.99. The molecule has 1 aromatic carbocycles. The lowest BCUT2D eigenvalue weighted by atomic mass is 9.80. The topological polar surface area (TPSA) is 29.1 Å². The van der Waals surface area contributed by atoms with Crippen molar-refractivity contribution in [3.8, 4) is 0 Å². The Morgan fingerprint density at radius 1 is 1.29 bits per heavy atom. The first-order valence-electron chi connectivity index (χ1n) is 4.99. The molecule has 2 heteroatoms. The van der Waals surface area contributed by atoms with Crippen molar-refractivity contribution in [3.63, 3.8) is 0 Å². The number of hydrogen-bond donors (Lipinski definition) is 1. The molecule has 0 atom stereocenters. The molecule has 0 radical (unpaired) electrons. The molecule has 2 rings (SSSR count). The van der Waals surface area contributed by atoms with E-state index < -0.39 is 0 Å². The molecule has 14 heavy (non-hydrogen) atoms. The molecule has 0 aromatic heterocycles. The second kappa shape index (κ2) is 3.12. The molecule has 0 bridgehead atoms. The molecule has 0 unspecified atom stereocenters. The highest BCUT2D eigenvalue weighted by molar-refractivity contribution is 5.96. The highest BCUT2D eigenvalue weighted by Crippen LogP contribution is 2.31. The van der Waals surface area contributed by atoms with Gasteiger partial charge in [0, 0.05) is 12.1 Å². The van der Waals surface area contributed by atoms with Gasteiger partial charge < -0.3 is 5.32 Å². The van der Waals surface area contributed by atoms with Gasteiger partial charge in [-0.25, -0.2) is 0 Å². The van der Waals surface area contributed by atoms with E-state index in [1.54, 1.807) is 0 Å². The van der Waals surface area contributed by atoms with E-state index in [9.17, 15) is 4.79 Å². The maximum absolute atomic E-state index is 11.7. The Bertz CT molecular complexity index is 368. The standard InChI is InChI=1S/C12H15NO/c1-12(2)7-8-13-11(14)9-5-3-4-6-10(9)12/h3-6H,7-8H2,1-2H3,(H,13,14). The SMILES string of the molecule is CC1(C)CCNC(=O)c2ccccc21. The van der Waals surface area contributed by atoms with Gasteiger partial charge in [-0.1, -0.05) is 32.0 Å². The summed E-state index contributed by atoms with van der Waals surface area (Å²) in [6.45, 7) is 5.14. The number of carbonyl (C=O) groups is 1. The monoisotopic (exact) mass is 189 g/mol. The van der Waals surface area contributed by atoms with Crippen molar-refractivity contribution in [2.24, 2.45) is 0 Å². The van der Waals surface area contributed by atoms with Crippen LogP contribution in [-0.4, -0.2) is 12.5 Å². The molecule has 1 aromatic rings. The molecule has 1 N–H and O–H groups in total. The Morgan fingerprint density at radius 2 is 2.00 bits per heavy atom. The van der Waals surface area contributed by atoms with Gasteiger partial charge >= 0.3 is 0 Å². The molecule has 1 amide bonds. The molecule has 0 aliphatic carbocycles. The van der Waals surface area contributed by atoms with Crippen LogP contribution in [0.15, 0.2) is 24.3 Å². The first-order chi connectivity index (χ1) is 6.61. The van der Waals surface area contributed by atoms with Gasteiger partial charge in [-0.2, -0.15) is 0 Å². The molecular formula is C12H15NO. The van der Waals surface area contributed by atoms with E-state index in [0.717, 1.165) is 24.1 Å². The van der Waals surface area contributed by atoms with Crippen LogP contribution in [0.5, 0.6) is 0 Å². The van der Waals surface area contributed by atoms with Gasteiger partial charge in [0.15, 0.2) is 0 Å². The Kier molecular flexibility index (Phi) is 2.06. The van der Waals surface area contributed by atoms with Crippen molar-refractivity contribution in [2.75, 3.05) is 6.54 Å². The van der Waals surface area contributed by atoms with Crippen molar-refractivity contribution in [2.45, 2.75) is 25.7 Å². The second-order valence-electron chi connectivity index (χ2n) is 4.44. The minimum Gasteiger partial charge on any atom is -0.352 e. The van der Waals surface area contributed by atoms with E-state index in [1.807, 2.05) is 18.2 Å². The van der Waals surface area contributed by atoms with E-state index >= 15 is 0 Å². The van der Waals surface area contributed by atoms with Crippen LogP contribution in [0.25, 0.3) is 0 Å². The van der Waals surface area contributed by atoms with Crippen LogP contribution in [0.2, 0.25) is 0 Å². The fourth-order valence-electron chi connectivity index (χ4n) is 1.99. The highest BCUT2D eigenvalue weighted by atomic mass is 16.1. The third-order valence-electron chi connectivity index (χ3n) is 2.94. The van der Waals surface area contributed by atoms with Crippen molar-refractivity contribution in [1.82, 2.24) is 5.32 Å². The van der Waals surface area contributed by atoms with Crippen LogP contribution in [0, 0.1) is 0 Å². The molecular weight excluding hydrogens is 174 g/mol. The average molecular weight is 189 g/mol. The highest BCUT2D eigenvalue weighted by Gasteiger charge is 2.28. The van der Waals surface area contributed by atoms with Gasteiger partial charge in [0.05, 0.1) is 0 Å². The number of hydrogen-bond acceptors (Lipinski definition) is 1. The summed E-state index contributed by atoms with van der Waals surface area (Å²) in [6, 6.07) is 7.87. The number of nitrogens with one attached hydrogen (secondary N) is 1. The van der Waals surface area contributed by atoms with E-state index in [0.29, 0.717) is 0 Å². The van der Waals surface area contributed by atoms with Gasteiger partial charge in [0.2, 0.25) is 0 Å². The molecule has 74 valence electrons. The van der Waals surface area contributed by atoms with Crippen molar-refractivity contribution in [1.29, 1.82) is 0 Å². The number of fused-ring (bicyclic) bond motifs is 1. The summed E-state index contributed by atoms with van der Waals surface area (Å²) in [5, 5.41) is 2.92. The Morgan fingerprint density at radius 3 is 2.79 bits per heavy atom. The maximum atomic E-state index is 11.7. The zero-order valence-electron chi connectivity index (χ0n) is 8.63. The Balaban J connectivity index is 2.59. The summed E-state index contributed by atoms with van der Waals surface area (Å²) in [6.07, 6.45) is 0.996. The predicted molar refractivity (Wildman–Crippen MR) is 56.4 cm³/mol. The van der Waals surface area contributed by atoms with E-state index in [2.05, 4.69) is 25.2 Å². The van der Waals surface area contributed by atoms with E-state index in [1.165, 1.54) is 0 Å². The van der Waals surface area contributed by atoms with Gasteiger partial charge in [-0.15, -0.1) is 0 Å². The molecule has 1 heterocycles. The van der Waals surface area contributed by atoms with Crippen LogP contribution in [0.3, 0.4) is 0 Å². The molecule has 2 nitrogen and oxygen atoms in total. The zero-order valence-corrected chi connectivity index (χ0v) is 8.63. The quantitative estimate of drug-likeness (QED) is 0.665. The van der Waals surface area contributed by atoms with Crippen molar-refractivity contribution < 1.29 is 4.79 Å². The maximum Gasteiger partial charge on any atom is 0.251 e. The van der Waals surface area contributed by atoms with E-state index in [-0.39, 0.29) is 11.3 Å². The number of amides is 1. The van der Waals surface area contributed by atoms with Gasteiger partial charge in [0.25, 0.3) is 5.91 Å². The van der Waals surface area contributed by atoms with Gasteiger partial charge in [-0.3, -0.25) is 4.79 Å². The van der Waals surface area contributed by atoms with Crippen LogP contribution in [0.4, 0.5) is 0 Å². The summed E-state index contributed by atoms with van der Waals surface area (Å²) in [7, 11) is 0. The summed E-state index contributed by atoms with van der Waals surface area (Å²) in [5.74, 6) is 0.0613. The van der Waals surface area contributed by atoms with Gasteiger partial charge in [0.1, 0.15) is 0 Å². The van der Waals surface area contributed by atoms with Crippen LogP contribution >= 0.6 is 0 Å². The summed E-state index contributed by atoms with van der Waals surface area (Å²) in [4.78, 5) is 11.7. The minimum absolute atomic E-state index is 0.0613. The number of benzene rings is 1. The minimum atomic E-state index is 0.0613. The summed E-state index contributed by atoms with van der Waals surface area (Å²) >= 11 is 0. The Labute approximate surface area is 84.3 Å². The smallest absolute Gasteiger partial charge is 0.251 e. The molecule has 0 spiro atoms. The number of carbonyl (C=O) groups excluding carboxylic acids is 1. The zero-order chi connectivity index (χ0) is 10.2. The lowest BCUT2D eigenvalue weighted by Gasteiger charge is -2.23. The van der Waals surface area contributed by atoms with Crippen molar-refractivity contribution in [3.05, 3.63) is 35.4 Å². The van der Waals surface area contributed by atoms with E-state index in [4.69, 9.17) is 0 Å². The lowest BCUT2D eigenvalue weighted by molar-refractivity contribution is 0.0956. The normalized spacial score (nSPS) is 19.4. The predicted octanol–water partition coefficient (Wildman–Crippen LogP) is 2.10. The first-order valence-corrected chi connectivity index (χ1v) is 4.99. The molecule has 1 aliphatic heterocycles. The van der Waals surface area contributed by atoms with Crippen molar-refractivity contribution >= 4 is 5.91 Å². The van der Waals surface area contributed by atoms with Crippen LogP contribution in [-0.2, 0) is 5.41 Å². The van der Waals surface area contributed by atoms with Crippen LogP contribution in [0.1, 0.15) is 36.2 Å².